The second kappa shape index (κ2) is 4.71. The molecule has 9 heteroatoms. The van der Waals surface area contributed by atoms with Gasteiger partial charge in [-0.2, -0.15) is 30.7 Å². The molecule has 0 unspecified atom stereocenters. The van der Waals surface area contributed by atoms with Gasteiger partial charge in [0.05, 0.1) is 0 Å². The van der Waals surface area contributed by atoms with Crippen LogP contribution in [0.5, 0.6) is 5.75 Å². The summed E-state index contributed by atoms with van der Waals surface area (Å²) in [5, 5.41) is 0. The lowest BCUT2D eigenvalue weighted by Gasteiger charge is -2.25. The van der Waals surface area contributed by atoms with Gasteiger partial charge in [0, 0.05) is 0 Å². The molecule has 0 aliphatic heterocycles. The van der Waals surface area contributed by atoms with E-state index in [4.69, 9.17) is 0 Å². The number of hydrogen-bond donors (Lipinski definition) is 0. The van der Waals surface area contributed by atoms with Crippen LogP contribution in [0.15, 0.2) is 30.3 Å². The number of hydrogen-bond acceptors (Lipinski definition) is 2. The molecule has 106 valence electrons. The summed E-state index contributed by atoms with van der Waals surface area (Å²) in [5.41, 5.74) is 0. The van der Waals surface area contributed by atoms with E-state index in [9.17, 15) is 35.5 Å². The first-order valence-corrected chi connectivity index (χ1v) is 4.60. The molecule has 0 heterocycles. The third kappa shape index (κ3) is 3.15. The highest BCUT2D eigenvalue weighted by atomic mass is 19.4. The summed E-state index contributed by atoms with van der Waals surface area (Å²) in [4.78, 5) is 10.3. The quantitative estimate of drug-likeness (QED) is 0.794. The van der Waals surface area contributed by atoms with Gasteiger partial charge in [-0.05, 0) is 12.1 Å². The van der Waals surface area contributed by atoms with E-state index in [0.29, 0.717) is 0 Å². The standard InChI is InChI=1S/C10H5F7O2/c11-8(12,7(18)9(13,14)15)10(16,17)19-6-4-2-1-3-5-6/h1-5H. The van der Waals surface area contributed by atoms with Crippen molar-refractivity contribution in [2.75, 3.05) is 0 Å². The third-order valence-electron chi connectivity index (χ3n) is 1.90. The molecule has 0 saturated carbocycles. The number of rotatable bonds is 4. The molecule has 19 heavy (non-hydrogen) atoms. The highest BCUT2D eigenvalue weighted by molar-refractivity contribution is 5.91. The number of alkyl halides is 7. The molecule has 2 nitrogen and oxygen atoms in total. The Hall–Kier alpha value is -1.80. The van der Waals surface area contributed by atoms with Crippen LogP contribution in [0.4, 0.5) is 30.7 Å². The molecule has 0 spiro atoms. The molecule has 0 aliphatic rings. The number of para-hydroxylation sites is 1. The Morgan fingerprint density at radius 2 is 1.37 bits per heavy atom. The van der Waals surface area contributed by atoms with E-state index in [0.717, 1.165) is 24.3 Å². The normalized spacial score (nSPS) is 13.2. The number of halogens is 7. The van der Waals surface area contributed by atoms with Crippen molar-refractivity contribution in [3.8, 4) is 5.75 Å². The summed E-state index contributed by atoms with van der Waals surface area (Å²) in [5.74, 6) is -10.7. The molecule has 0 aromatic heterocycles. The van der Waals surface area contributed by atoms with Crippen molar-refractivity contribution in [3.05, 3.63) is 30.3 Å². The third-order valence-corrected chi connectivity index (χ3v) is 1.90. The van der Waals surface area contributed by atoms with Crippen LogP contribution >= 0.6 is 0 Å². The SMILES string of the molecule is O=C(C(F)(F)F)C(F)(F)C(F)(F)Oc1ccccc1. The van der Waals surface area contributed by atoms with Crippen molar-refractivity contribution in [2.45, 2.75) is 18.2 Å². The van der Waals surface area contributed by atoms with Gasteiger partial charge in [-0.15, -0.1) is 0 Å². The van der Waals surface area contributed by atoms with Crippen LogP contribution in [0.2, 0.25) is 0 Å². The molecule has 0 bridgehead atoms. The first-order valence-electron chi connectivity index (χ1n) is 4.60. The van der Waals surface area contributed by atoms with E-state index in [1.165, 1.54) is 6.07 Å². The lowest BCUT2D eigenvalue weighted by Crippen LogP contribution is -2.55. The monoisotopic (exact) mass is 290 g/mol. The van der Waals surface area contributed by atoms with Crippen LogP contribution < -0.4 is 4.74 Å². The minimum atomic E-state index is -6.10. The number of carbonyl (C=O) groups excluding carboxylic acids is 1. The molecular formula is C10H5F7O2. The number of Topliss-reactive ketones (excluding diaryl/α,β-unsaturated/α-hetero) is 1. The Balaban J connectivity index is 3.02. The highest BCUT2D eigenvalue weighted by Gasteiger charge is 2.71. The molecule has 0 saturated heterocycles. The molecular weight excluding hydrogens is 285 g/mol. The van der Waals surface area contributed by atoms with Gasteiger partial charge in [-0.25, -0.2) is 0 Å². The van der Waals surface area contributed by atoms with E-state index in [1.54, 1.807) is 0 Å². The van der Waals surface area contributed by atoms with Crippen LogP contribution in [0.1, 0.15) is 0 Å². The summed E-state index contributed by atoms with van der Waals surface area (Å²) in [6.07, 6.45) is -11.7. The predicted molar refractivity (Wildman–Crippen MR) is 48.0 cm³/mol. The summed E-state index contributed by atoms with van der Waals surface area (Å²) in [7, 11) is 0. The van der Waals surface area contributed by atoms with Crippen LogP contribution in [0.3, 0.4) is 0 Å². The number of benzene rings is 1. The second-order valence-electron chi connectivity index (χ2n) is 3.33. The van der Waals surface area contributed by atoms with Crippen molar-refractivity contribution in [2.24, 2.45) is 0 Å². The molecule has 0 radical (unpaired) electrons. The van der Waals surface area contributed by atoms with Gasteiger partial charge in [-0.3, -0.25) is 4.79 Å². The molecule has 1 rings (SSSR count). The van der Waals surface area contributed by atoms with Crippen molar-refractivity contribution < 1.29 is 40.3 Å². The van der Waals surface area contributed by atoms with Gasteiger partial charge in [0.1, 0.15) is 5.75 Å². The lowest BCUT2D eigenvalue weighted by atomic mass is 10.2. The van der Waals surface area contributed by atoms with Crippen molar-refractivity contribution in [1.82, 2.24) is 0 Å². The molecule has 0 N–H and O–H groups in total. The first-order chi connectivity index (χ1) is 8.48. The zero-order chi connectivity index (χ0) is 14.9. The van der Waals surface area contributed by atoms with E-state index >= 15 is 0 Å². The smallest absolute Gasteiger partial charge is 0.428 e. The average molecular weight is 290 g/mol. The van der Waals surface area contributed by atoms with Gasteiger partial charge in [0.2, 0.25) is 0 Å². The zero-order valence-corrected chi connectivity index (χ0v) is 8.85. The Kier molecular flexibility index (Phi) is 3.78. The Morgan fingerprint density at radius 1 is 0.895 bits per heavy atom. The Bertz CT molecular complexity index is 453. The maximum atomic E-state index is 13.0. The first kappa shape index (κ1) is 15.3. The van der Waals surface area contributed by atoms with Gasteiger partial charge in [-0.1, -0.05) is 18.2 Å². The van der Waals surface area contributed by atoms with Crippen molar-refractivity contribution in [3.63, 3.8) is 0 Å². The van der Waals surface area contributed by atoms with Gasteiger partial charge in [0.15, 0.2) is 0 Å². The Morgan fingerprint density at radius 3 is 1.79 bits per heavy atom. The van der Waals surface area contributed by atoms with Crippen LogP contribution in [-0.2, 0) is 4.79 Å². The average Bonchev–Trinajstić information content (AvgIpc) is 2.27. The zero-order valence-electron chi connectivity index (χ0n) is 8.85. The van der Waals surface area contributed by atoms with Gasteiger partial charge >= 0.3 is 24.0 Å². The lowest BCUT2D eigenvalue weighted by molar-refractivity contribution is -0.306. The van der Waals surface area contributed by atoms with Crippen molar-refractivity contribution >= 4 is 5.78 Å². The maximum Gasteiger partial charge on any atom is 0.472 e. The molecule has 0 atom stereocenters. The van der Waals surface area contributed by atoms with E-state index in [2.05, 4.69) is 4.74 Å². The molecule has 0 fully saturated rings. The van der Waals surface area contributed by atoms with Gasteiger partial charge in [0.25, 0.3) is 0 Å². The van der Waals surface area contributed by atoms with E-state index < -0.39 is 29.7 Å². The van der Waals surface area contributed by atoms with Gasteiger partial charge < -0.3 is 4.74 Å². The largest absolute Gasteiger partial charge is 0.472 e. The summed E-state index contributed by atoms with van der Waals surface area (Å²) >= 11 is 0. The van der Waals surface area contributed by atoms with Crippen molar-refractivity contribution in [1.29, 1.82) is 0 Å². The summed E-state index contributed by atoms with van der Waals surface area (Å²) in [6.45, 7) is 0. The van der Waals surface area contributed by atoms with Crippen LogP contribution in [0.25, 0.3) is 0 Å². The fourth-order valence-corrected chi connectivity index (χ4v) is 1.01. The highest BCUT2D eigenvalue weighted by Crippen LogP contribution is 2.40. The number of carbonyl (C=O) groups is 1. The number of ether oxygens (including phenoxy) is 1. The Labute approximate surface area is 101 Å². The molecule has 1 aromatic carbocycles. The molecule has 0 aliphatic carbocycles. The second-order valence-corrected chi connectivity index (χ2v) is 3.33. The fraction of sp³-hybridized carbons (Fsp3) is 0.300. The minimum absolute atomic E-state index is 0.804. The van der Waals surface area contributed by atoms with E-state index in [1.807, 2.05) is 0 Å². The van der Waals surface area contributed by atoms with Crippen LogP contribution in [-0.4, -0.2) is 24.0 Å². The minimum Gasteiger partial charge on any atom is -0.428 e. The fourth-order valence-electron chi connectivity index (χ4n) is 1.01. The number of ketones is 1. The van der Waals surface area contributed by atoms with E-state index in [-0.39, 0.29) is 0 Å². The molecule has 0 amide bonds. The maximum absolute atomic E-state index is 13.0. The molecule has 1 aromatic rings. The summed E-state index contributed by atoms with van der Waals surface area (Å²) < 4.78 is 90.5. The summed E-state index contributed by atoms with van der Waals surface area (Å²) in [6, 6.07) is 5.25. The topological polar surface area (TPSA) is 26.3 Å². The predicted octanol–water partition coefficient (Wildman–Crippen LogP) is 3.42. The van der Waals surface area contributed by atoms with Crippen LogP contribution in [0, 0.1) is 0 Å².